The zero-order chi connectivity index (χ0) is 15.3. The molecule has 2 fully saturated rings. The third-order valence-electron chi connectivity index (χ3n) is 5.21. The van der Waals surface area contributed by atoms with Crippen LogP contribution in [0.3, 0.4) is 0 Å². The van der Waals surface area contributed by atoms with Gasteiger partial charge < -0.3 is 19.7 Å². The number of carbonyl (C=O) groups is 1. The predicted molar refractivity (Wildman–Crippen MR) is 82.3 cm³/mol. The van der Waals surface area contributed by atoms with E-state index in [1.807, 2.05) is 14.0 Å². The van der Waals surface area contributed by atoms with Gasteiger partial charge >= 0.3 is 5.97 Å². The highest BCUT2D eigenvalue weighted by molar-refractivity contribution is 5.81. The Labute approximate surface area is 128 Å². The number of hydrogen-bond donors (Lipinski definition) is 1. The molecule has 1 N–H and O–H groups in total. The monoisotopic (exact) mass is 298 g/mol. The van der Waals surface area contributed by atoms with Gasteiger partial charge in [-0.15, -0.1) is 0 Å². The van der Waals surface area contributed by atoms with Crippen LogP contribution in [0.2, 0.25) is 0 Å². The largest absolute Gasteiger partial charge is 0.465 e. The lowest BCUT2D eigenvalue weighted by molar-refractivity contribution is -0.153. The average Bonchev–Trinajstić information content (AvgIpc) is 2.55. The minimum absolute atomic E-state index is 0.0856. The number of ether oxygens (including phenoxy) is 2. The summed E-state index contributed by atoms with van der Waals surface area (Å²) >= 11 is 0. The Morgan fingerprint density at radius 2 is 2.05 bits per heavy atom. The van der Waals surface area contributed by atoms with Crippen LogP contribution in [0.5, 0.6) is 0 Å². The molecular formula is C16H30N2O3. The van der Waals surface area contributed by atoms with E-state index in [2.05, 4.69) is 17.3 Å². The Kier molecular flexibility index (Phi) is 6.02. The van der Waals surface area contributed by atoms with Crippen molar-refractivity contribution in [1.82, 2.24) is 10.2 Å². The number of likely N-dealkylation sites (N-methyl/N-ethyl adjacent to an activating group) is 1. The summed E-state index contributed by atoms with van der Waals surface area (Å²) in [5.41, 5.74) is -0.502. The van der Waals surface area contributed by atoms with Crippen molar-refractivity contribution in [3.8, 4) is 0 Å². The van der Waals surface area contributed by atoms with Crippen molar-refractivity contribution in [2.24, 2.45) is 0 Å². The molecule has 0 aromatic rings. The molecule has 2 unspecified atom stereocenters. The molecule has 0 aromatic carbocycles. The first-order valence-corrected chi connectivity index (χ1v) is 8.29. The fourth-order valence-corrected chi connectivity index (χ4v) is 3.77. The molecule has 1 saturated carbocycles. The van der Waals surface area contributed by atoms with Gasteiger partial charge in [0, 0.05) is 25.3 Å². The van der Waals surface area contributed by atoms with Crippen molar-refractivity contribution >= 4 is 5.97 Å². The molecule has 122 valence electrons. The predicted octanol–water partition coefficient (Wildman–Crippen LogP) is 1.56. The van der Waals surface area contributed by atoms with Gasteiger partial charge in [0.2, 0.25) is 0 Å². The zero-order valence-electron chi connectivity index (χ0n) is 13.7. The van der Waals surface area contributed by atoms with Crippen LogP contribution < -0.4 is 5.32 Å². The number of hydrogen-bond acceptors (Lipinski definition) is 5. The van der Waals surface area contributed by atoms with Crippen LogP contribution in [-0.2, 0) is 14.3 Å². The highest BCUT2D eigenvalue weighted by Gasteiger charge is 2.44. The van der Waals surface area contributed by atoms with Gasteiger partial charge in [-0.3, -0.25) is 4.79 Å². The third-order valence-corrected chi connectivity index (χ3v) is 5.21. The van der Waals surface area contributed by atoms with Gasteiger partial charge in [0.1, 0.15) is 5.54 Å². The smallest absolute Gasteiger partial charge is 0.326 e. The lowest BCUT2D eigenvalue weighted by Gasteiger charge is -2.45. The second-order valence-electron chi connectivity index (χ2n) is 6.31. The zero-order valence-corrected chi connectivity index (χ0v) is 13.7. The summed E-state index contributed by atoms with van der Waals surface area (Å²) in [5.74, 6) is -0.0856. The summed E-state index contributed by atoms with van der Waals surface area (Å²) in [6.07, 6.45) is 6.14. The van der Waals surface area contributed by atoms with E-state index in [0.717, 1.165) is 51.7 Å². The quantitative estimate of drug-likeness (QED) is 0.781. The molecule has 0 radical (unpaired) electrons. The summed E-state index contributed by atoms with van der Waals surface area (Å²) in [5, 5.41) is 3.26. The van der Waals surface area contributed by atoms with E-state index in [9.17, 15) is 4.79 Å². The van der Waals surface area contributed by atoms with Gasteiger partial charge in [0.15, 0.2) is 0 Å². The first-order valence-electron chi connectivity index (χ1n) is 8.29. The Bertz CT molecular complexity index is 344. The fourth-order valence-electron chi connectivity index (χ4n) is 3.77. The normalized spacial score (nSPS) is 31.3. The first-order chi connectivity index (χ1) is 10.1. The van der Waals surface area contributed by atoms with Gasteiger partial charge in [-0.1, -0.05) is 0 Å². The van der Waals surface area contributed by atoms with Gasteiger partial charge in [0.25, 0.3) is 0 Å². The van der Waals surface area contributed by atoms with Crippen molar-refractivity contribution in [2.75, 3.05) is 33.9 Å². The summed E-state index contributed by atoms with van der Waals surface area (Å²) in [6, 6.07) is 1.03. The standard InChI is InChI=1S/C16H30N2O3/c1-4-21-15(19)16(17-2)9-5-6-14(12-16)18(3)13-7-10-20-11-8-13/h13-14,17H,4-12H2,1-3H3. The molecule has 1 aliphatic carbocycles. The number of carbonyl (C=O) groups excluding carboxylic acids is 1. The van der Waals surface area contributed by atoms with Crippen molar-refractivity contribution in [3.05, 3.63) is 0 Å². The van der Waals surface area contributed by atoms with Crippen LogP contribution in [0.4, 0.5) is 0 Å². The second-order valence-corrected chi connectivity index (χ2v) is 6.31. The van der Waals surface area contributed by atoms with Crippen molar-refractivity contribution in [3.63, 3.8) is 0 Å². The maximum Gasteiger partial charge on any atom is 0.326 e. The van der Waals surface area contributed by atoms with Crippen LogP contribution in [-0.4, -0.2) is 62.4 Å². The lowest BCUT2D eigenvalue weighted by Crippen LogP contribution is -2.58. The Morgan fingerprint density at radius 3 is 2.67 bits per heavy atom. The number of rotatable bonds is 5. The molecule has 0 amide bonds. The molecule has 5 heteroatoms. The number of nitrogens with one attached hydrogen (secondary N) is 1. The van der Waals surface area contributed by atoms with E-state index in [0.29, 0.717) is 18.7 Å². The van der Waals surface area contributed by atoms with Crippen molar-refractivity contribution in [1.29, 1.82) is 0 Å². The van der Waals surface area contributed by atoms with E-state index < -0.39 is 5.54 Å². The van der Waals surface area contributed by atoms with Gasteiger partial charge in [-0.25, -0.2) is 0 Å². The highest BCUT2D eigenvalue weighted by Crippen LogP contribution is 2.33. The molecule has 2 atom stereocenters. The Hall–Kier alpha value is -0.650. The molecule has 2 aliphatic rings. The van der Waals surface area contributed by atoms with Crippen LogP contribution in [0.25, 0.3) is 0 Å². The van der Waals surface area contributed by atoms with Gasteiger partial charge in [-0.05, 0) is 59.5 Å². The molecule has 21 heavy (non-hydrogen) atoms. The minimum Gasteiger partial charge on any atom is -0.465 e. The fraction of sp³-hybridized carbons (Fsp3) is 0.938. The average molecular weight is 298 g/mol. The minimum atomic E-state index is -0.502. The molecule has 1 aliphatic heterocycles. The van der Waals surface area contributed by atoms with Crippen molar-refractivity contribution < 1.29 is 14.3 Å². The highest BCUT2D eigenvalue weighted by atomic mass is 16.5. The molecule has 0 spiro atoms. The maximum absolute atomic E-state index is 12.4. The van der Waals surface area contributed by atoms with E-state index >= 15 is 0 Å². The number of nitrogens with zero attached hydrogens (tertiary/aromatic N) is 1. The molecule has 1 heterocycles. The van der Waals surface area contributed by atoms with E-state index in [1.165, 1.54) is 0 Å². The lowest BCUT2D eigenvalue weighted by atomic mass is 9.78. The maximum atomic E-state index is 12.4. The Morgan fingerprint density at radius 1 is 1.33 bits per heavy atom. The summed E-state index contributed by atoms with van der Waals surface area (Å²) < 4.78 is 10.8. The van der Waals surface area contributed by atoms with Gasteiger partial charge in [-0.2, -0.15) is 0 Å². The molecule has 2 rings (SSSR count). The molecule has 5 nitrogen and oxygen atoms in total. The van der Waals surface area contributed by atoms with E-state index in [-0.39, 0.29) is 5.97 Å². The third kappa shape index (κ3) is 3.76. The van der Waals surface area contributed by atoms with E-state index in [4.69, 9.17) is 9.47 Å². The van der Waals surface area contributed by atoms with Crippen LogP contribution in [0.15, 0.2) is 0 Å². The molecular weight excluding hydrogens is 268 g/mol. The van der Waals surface area contributed by atoms with Crippen LogP contribution in [0, 0.1) is 0 Å². The van der Waals surface area contributed by atoms with Crippen LogP contribution in [0.1, 0.15) is 45.4 Å². The first kappa shape index (κ1) is 16.7. The summed E-state index contributed by atoms with van der Waals surface area (Å²) in [4.78, 5) is 14.9. The summed E-state index contributed by atoms with van der Waals surface area (Å²) in [7, 11) is 4.09. The number of esters is 1. The molecule has 0 aromatic heterocycles. The SMILES string of the molecule is CCOC(=O)C1(NC)CCCC(N(C)C2CCOCC2)C1. The molecule has 0 bridgehead atoms. The Balaban J connectivity index is 2.02. The topological polar surface area (TPSA) is 50.8 Å². The van der Waals surface area contributed by atoms with Crippen molar-refractivity contribution in [2.45, 2.75) is 63.1 Å². The van der Waals surface area contributed by atoms with Gasteiger partial charge in [0.05, 0.1) is 6.61 Å². The van der Waals surface area contributed by atoms with E-state index in [1.54, 1.807) is 0 Å². The molecule has 1 saturated heterocycles. The van der Waals surface area contributed by atoms with Crippen LogP contribution >= 0.6 is 0 Å². The summed E-state index contributed by atoms with van der Waals surface area (Å²) in [6.45, 7) is 4.03. The second kappa shape index (κ2) is 7.56.